The third-order valence-corrected chi connectivity index (χ3v) is 4.83. The van der Waals surface area contributed by atoms with E-state index in [1.807, 2.05) is 20.8 Å². The maximum atomic E-state index is 12.5. The Balaban J connectivity index is 2.31. The normalized spacial score (nSPS) is 22.4. The largest absolute Gasteiger partial charge is 0.221 e. The molecule has 0 N–H and O–H groups in total. The van der Waals surface area contributed by atoms with Crippen molar-refractivity contribution in [3.8, 4) is 11.8 Å². The van der Waals surface area contributed by atoms with E-state index >= 15 is 0 Å². The SMILES string of the molecule is CC(C)(C)C#C[C@H]1CN=N[C@@H]1S(=O)(=O)c1ccccc1. The van der Waals surface area contributed by atoms with E-state index in [1.54, 1.807) is 30.3 Å². The summed E-state index contributed by atoms with van der Waals surface area (Å²) in [5.74, 6) is 5.75. The van der Waals surface area contributed by atoms with Crippen molar-refractivity contribution in [2.45, 2.75) is 31.0 Å². The van der Waals surface area contributed by atoms with E-state index in [-0.39, 0.29) is 16.2 Å². The van der Waals surface area contributed by atoms with Crippen molar-refractivity contribution >= 4 is 9.84 Å². The van der Waals surface area contributed by atoms with Gasteiger partial charge in [-0.2, -0.15) is 10.2 Å². The lowest BCUT2D eigenvalue weighted by molar-refractivity contribution is 0.559. The minimum Gasteiger partial charge on any atom is -0.221 e. The van der Waals surface area contributed by atoms with Gasteiger partial charge in [-0.3, -0.25) is 0 Å². The van der Waals surface area contributed by atoms with E-state index in [4.69, 9.17) is 0 Å². The number of hydrogen-bond acceptors (Lipinski definition) is 4. The quantitative estimate of drug-likeness (QED) is 0.786. The van der Waals surface area contributed by atoms with Gasteiger partial charge >= 0.3 is 0 Å². The lowest BCUT2D eigenvalue weighted by atomic mass is 9.96. The summed E-state index contributed by atoms with van der Waals surface area (Å²) in [5.41, 5.74) is -0.163. The first-order chi connectivity index (χ1) is 9.31. The molecule has 0 aliphatic carbocycles. The van der Waals surface area contributed by atoms with Crippen molar-refractivity contribution in [3.05, 3.63) is 30.3 Å². The molecular formula is C15H18N2O2S. The molecule has 1 aliphatic rings. The summed E-state index contributed by atoms with van der Waals surface area (Å²) in [6, 6.07) is 8.35. The molecule has 5 heteroatoms. The van der Waals surface area contributed by atoms with Crippen LogP contribution in [0.1, 0.15) is 20.8 Å². The molecule has 1 aromatic rings. The van der Waals surface area contributed by atoms with Crippen LogP contribution in [0.4, 0.5) is 0 Å². The summed E-state index contributed by atoms with van der Waals surface area (Å²) >= 11 is 0. The highest BCUT2D eigenvalue weighted by Gasteiger charge is 2.37. The van der Waals surface area contributed by atoms with Crippen LogP contribution in [0.25, 0.3) is 0 Å². The molecule has 1 heterocycles. The summed E-state index contributed by atoms with van der Waals surface area (Å²) in [5, 5.41) is 6.89. The van der Waals surface area contributed by atoms with Gasteiger partial charge in [0.05, 0.1) is 17.4 Å². The Morgan fingerprint density at radius 3 is 2.45 bits per heavy atom. The van der Waals surface area contributed by atoms with Crippen LogP contribution in [0.15, 0.2) is 45.5 Å². The molecule has 0 amide bonds. The van der Waals surface area contributed by atoms with Crippen molar-refractivity contribution in [1.29, 1.82) is 0 Å². The summed E-state index contributed by atoms with van der Waals surface area (Å²) in [6.45, 7) is 6.32. The molecule has 0 radical (unpaired) electrons. The fourth-order valence-corrected chi connectivity index (χ4v) is 3.43. The van der Waals surface area contributed by atoms with E-state index < -0.39 is 15.2 Å². The second kappa shape index (κ2) is 5.37. The van der Waals surface area contributed by atoms with E-state index in [2.05, 4.69) is 22.1 Å². The van der Waals surface area contributed by atoms with E-state index in [1.165, 1.54) is 0 Å². The Morgan fingerprint density at radius 2 is 1.85 bits per heavy atom. The van der Waals surface area contributed by atoms with Crippen LogP contribution >= 0.6 is 0 Å². The number of sulfone groups is 1. The average molecular weight is 290 g/mol. The molecule has 0 fully saturated rings. The zero-order valence-corrected chi connectivity index (χ0v) is 12.7. The molecular weight excluding hydrogens is 272 g/mol. The summed E-state index contributed by atoms with van der Waals surface area (Å²) in [4.78, 5) is 0.272. The third-order valence-electron chi connectivity index (χ3n) is 2.84. The van der Waals surface area contributed by atoms with Gasteiger partial charge in [0.15, 0.2) is 5.37 Å². The van der Waals surface area contributed by atoms with Crippen molar-refractivity contribution in [2.75, 3.05) is 6.54 Å². The topological polar surface area (TPSA) is 58.9 Å². The lowest BCUT2D eigenvalue weighted by Gasteiger charge is -2.13. The van der Waals surface area contributed by atoms with Gasteiger partial charge in [-0.1, -0.05) is 30.0 Å². The molecule has 2 rings (SSSR count). The third kappa shape index (κ3) is 3.26. The Kier molecular flexibility index (Phi) is 3.96. The second-order valence-corrected chi connectivity index (χ2v) is 7.86. The molecule has 2 atom stereocenters. The van der Waals surface area contributed by atoms with Gasteiger partial charge in [-0.25, -0.2) is 8.42 Å². The van der Waals surface area contributed by atoms with Crippen molar-refractivity contribution in [3.63, 3.8) is 0 Å². The van der Waals surface area contributed by atoms with Crippen LogP contribution in [0, 0.1) is 23.2 Å². The van der Waals surface area contributed by atoms with Crippen molar-refractivity contribution < 1.29 is 8.42 Å². The van der Waals surface area contributed by atoms with Gasteiger partial charge in [0.2, 0.25) is 9.84 Å². The van der Waals surface area contributed by atoms with E-state index in [9.17, 15) is 8.42 Å². The van der Waals surface area contributed by atoms with Gasteiger partial charge < -0.3 is 0 Å². The molecule has 1 aliphatic heterocycles. The number of azo groups is 1. The Hall–Kier alpha value is -1.67. The predicted octanol–water partition coefficient (Wildman–Crippen LogP) is 2.92. The first kappa shape index (κ1) is 14.7. The van der Waals surface area contributed by atoms with Crippen LogP contribution in [-0.2, 0) is 9.84 Å². The first-order valence-corrected chi connectivity index (χ1v) is 8.03. The fraction of sp³-hybridized carbons (Fsp3) is 0.467. The Morgan fingerprint density at radius 1 is 1.20 bits per heavy atom. The van der Waals surface area contributed by atoms with Crippen LogP contribution < -0.4 is 0 Å². The van der Waals surface area contributed by atoms with Gasteiger partial charge in [0, 0.05) is 5.41 Å². The highest BCUT2D eigenvalue weighted by atomic mass is 32.2. The molecule has 0 saturated carbocycles. The van der Waals surface area contributed by atoms with Crippen LogP contribution in [-0.4, -0.2) is 20.3 Å². The monoisotopic (exact) mass is 290 g/mol. The zero-order valence-electron chi connectivity index (χ0n) is 11.9. The summed E-state index contributed by atoms with van der Waals surface area (Å²) in [6.07, 6.45) is 0. The number of nitrogens with zero attached hydrogens (tertiary/aromatic N) is 2. The van der Waals surface area contributed by atoms with Gasteiger partial charge in [0.1, 0.15) is 0 Å². The standard InChI is InChI=1S/C15H18N2O2S/c1-15(2,3)10-9-12-11-16-17-14(12)20(18,19)13-7-5-4-6-8-13/h4-8,12,14H,11H2,1-3H3/t12-,14+/m0/s1. The lowest BCUT2D eigenvalue weighted by Crippen LogP contribution is -2.26. The van der Waals surface area contributed by atoms with Gasteiger partial charge in [0.25, 0.3) is 0 Å². The van der Waals surface area contributed by atoms with E-state index in [0.29, 0.717) is 6.54 Å². The zero-order chi connectivity index (χ0) is 14.8. The van der Waals surface area contributed by atoms with Crippen LogP contribution in [0.2, 0.25) is 0 Å². The molecule has 4 nitrogen and oxygen atoms in total. The average Bonchev–Trinajstić information content (AvgIpc) is 2.86. The molecule has 1 aromatic carbocycles. The molecule has 0 bridgehead atoms. The molecule has 20 heavy (non-hydrogen) atoms. The molecule has 0 aromatic heterocycles. The van der Waals surface area contributed by atoms with Crippen molar-refractivity contribution in [2.24, 2.45) is 21.6 Å². The maximum Gasteiger partial charge on any atom is 0.204 e. The van der Waals surface area contributed by atoms with Crippen molar-refractivity contribution in [1.82, 2.24) is 0 Å². The predicted molar refractivity (Wildman–Crippen MR) is 77.9 cm³/mol. The highest BCUT2D eigenvalue weighted by molar-refractivity contribution is 7.92. The minimum atomic E-state index is -3.52. The summed E-state index contributed by atoms with van der Waals surface area (Å²) in [7, 11) is -3.52. The Bertz CT molecular complexity index is 661. The first-order valence-electron chi connectivity index (χ1n) is 6.49. The van der Waals surface area contributed by atoms with E-state index in [0.717, 1.165) is 0 Å². The van der Waals surface area contributed by atoms with Gasteiger partial charge in [-0.05, 0) is 32.9 Å². The number of rotatable bonds is 2. The highest BCUT2D eigenvalue weighted by Crippen LogP contribution is 2.27. The maximum absolute atomic E-state index is 12.5. The van der Waals surface area contributed by atoms with Crippen LogP contribution in [0.3, 0.4) is 0 Å². The number of benzene rings is 1. The minimum absolute atomic E-state index is 0.163. The van der Waals surface area contributed by atoms with Crippen LogP contribution in [0.5, 0.6) is 0 Å². The molecule has 0 unspecified atom stereocenters. The molecule has 106 valence electrons. The molecule has 0 spiro atoms. The smallest absolute Gasteiger partial charge is 0.204 e. The second-order valence-electron chi connectivity index (χ2n) is 5.81. The fourth-order valence-electron chi connectivity index (χ4n) is 1.84. The van der Waals surface area contributed by atoms with Gasteiger partial charge in [-0.15, -0.1) is 0 Å². The molecule has 0 saturated heterocycles. The Labute approximate surface area is 120 Å². The number of hydrogen-bond donors (Lipinski definition) is 0. The summed E-state index contributed by atoms with van der Waals surface area (Å²) < 4.78 is 25.1.